The maximum atomic E-state index is 13.0. The second-order valence-corrected chi connectivity index (χ2v) is 8.59. The minimum Gasteiger partial charge on any atom is -0.326 e. The zero-order valence-electron chi connectivity index (χ0n) is 13.2. The van der Waals surface area contributed by atoms with Gasteiger partial charge in [0.2, 0.25) is 10.0 Å². The number of hydrogen-bond donors (Lipinski definition) is 1. The van der Waals surface area contributed by atoms with Gasteiger partial charge in [-0.3, -0.25) is 0 Å². The van der Waals surface area contributed by atoms with Crippen LogP contribution in [0.15, 0.2) is 57.9 Å². The Morgan fingerprint density at radius 3 is 2.42 bits per heavy atom. The van der Waals surface area contributed by atoms with Crippen LogP contribution in [0.1, 0.15) is 17.0 Å². The monoisotopic (exact) mass is 430 g/mol. The maximum absolute atomic E-state index is 13.0. The maximum Gasteiger partial charge on any atom is 0.244 e. The van der Waals surface area contributed by atoms with E-state index in [0.717, 1.165) is 11.1 Å². The Balaban J connectivity index is 0.00000208. The molecule has 24 heavy (non-hydrogen) atoms. The highest BCUT2D eigenvalue weighted by Crippen LogP contribution is 2.33. The van der Waals surface area contributed by atoms with Crippen molar-refractivity contribution in [2.75, 3.05) is 13.1 Å². The van der Waals surface area contributed by atoms with E-state index in [0.29, 0.717) is 22.5 Å². The normalized spacial score (nSPS) is 21.5. The van der Waals surface area contributed by atoms with Crippen LogP contribution in [-0.2, 0) is 10.0 Å². The first kappa shape index (κ1) is 19.4. The van der Waals surface area contributed by atoms with Crippen molar-refractivity contribution in [3.05, 3.63) is 64.1 Å². The standard InChI is InChI=1S/C17H19BrN2O2S.ClH/c1-12-6-5-9-16(17(12)18)23(21,22)20-10-14(15(19)11-20)13-7-3-2-4-8-13;/h2-9,14-15H,10-11,19H2,1H3;1H/t14-,15+;/m0./s1. The molecule has 1 heterocycles. The quantitative estimate of drug-likeness (QED) is 0.811. The minimum atomic E-state index is -3.56. The Kier molecular flexibility index (Phi) is 6.09. The Hall–Kier alpha value is -0.920. The molecule has 3 rings (SSSR count). The van der Waals surface area contributed by atoms with Crippen molar-refractivity contribution in [3.8, 4) is 0 Å². The number of hydrogen-bond acceptors (Lipinski definition) is 3. The van der Waals surface area contributed by atoms with Crippen LogP contribution in [0, 0.1) is 6.92 Å². The molecule has 0 bridgehead atoms. The predicted molar refractivity (Wildman–Crippen MR) is 102 cm³/mol. The fourth-order valence-corrected chi connectivity index (χ4v) is 5.52. The van der Waals surface area contributed by atoms with Crippen LogP contribution in [0.25, 0.3) is 0 Å². The van der Waals surface area contributed by atoms with Crippen LogP contribution in [0.3, 0.4) is 0 Å². The van der Waals surface area contributed by atoms with Crippen LogP contribution >= 0.6 is 28.3 Å². The van der Waals surface area contributed by atoms with Gasteiger partial charge in [0.05, 0.1) is 4.90 Å². The van der Waals surface area contributed by atoms with Crippen molar-refractivity contribution in [1.82, 2.24) is 4.31 Å². The zero-order valence-corrected chi connectivity index (χ0v) is 16.4. The molecule has 2 aromatic rings. The van der Waals surface area contributed by atoms with Crippen LogP contribution in [0.4, 0.5) is 0 Å². The van der Waals surface area contributed by atoms with Gasteiger partial charge in [0.1, 0.15) is 0 Å². The predicted octanol–water partition coefficient (Wildman–Crippen LogP) is 3.29. The molecule has 0 spiro atoms. The molecule has 4 nitrogen and oxygen atoms in total. The SMILES string of the molecule is Cc1cccc(S(=O)(=O)N2C[C@@H](N)[C@H](c3ccccc3)C2)c1Br.Cl. The van der Waals surface area contributed by atoms with Gasteiger partial charge in [0.25, 0.3) is 0 Å². The van der Waals surface area contributed by atoms with Gasteiger partial charge in [-0.15, -0.1) is 12.4 Å². The molecular weight excluding hydrogens is 412 g/mol. The summed E-state index contributed by atoms with van der Waals surface area (Å²) in [6, 6.07) is 14.9. The number of nitrogens with two attached hydrogens (primary N) is 1. The van der Waals surface area contributed by atoms with E-state index in [9.17, 15) is 8.42 Å². The molecule has 2 atom stereocenters. The summed E-state index contributed by atoms with van der Waals surface area (Å²) in [7, 11) is -3.56. The number of sulfonamides is 1. The largest absolute Gasteiger partial charge is 0.326 e. The van der Waals surface area contributed by atoms with Crippen molar-refractivity contribution in [2.45, 2.75) is 23.8 Å². The third-order valence-electron chi connectivity index (χ3n) is 4.33. The molecular formula is C17H20BrClN2O2S. The summed E-state index contributed by atoms with van der Waals surface area (Å²) in [6.45, 7) is 2.63. The van der Waals surface area contributed by atoms with Crippen molar-refractivity contribution in [3.63, 3.8) is 0 Å². The summed E-state index contributed by atoms with van der Waals surface area (Å²) >= 11 is 3.40. The summed E-state index contributed by atoms with van der Waals surface area (Å²) in [5, 5.41) is 0. The van der Waals surface area contributed by atoms with Gasteiger partial charge < -0.3 is 5.73 Å². The van der Waals surface area contributed by atoms with E-state index in [-0.39, 0.29) is 24.4 Å². The second-order valence-electron chi connectivity index (χ2n) is 5.89. The molecule has 0 aliphatic carbocycles. The lowest BCUT2D eigenvalue weighted by Crippen LogP contribution is -2.32. The van der Waals surface area contributed by atoms with E-state index >= 15 is 0 Å². The fraction of sp³-hybridized carbons (Fsp3) is 0.294. The lowest BCUT2D eigenvalue weighted by atomic mass is 9.95. The molecule has 0 saturated carbocycles. The van der Waals surface area contributed by atoms with Gasteiger partial charge in [-0.1, -0.05) is 42.5 Å². The Labute approximate surface area is 157 Å². The fourth-order valence-electron chi connectivity index (χ4n) is 3.00. The summed E-state index contributed by atoms with van der Waals surface area (Å²) in [5.74, 6) is 0.0227. The van der Waals surface area contributed by atoms with Crippen molar-refractivity contribution in [2.24, 2.45) is 5.73 Å². The molecule has 1 saturated heterocycles. The molecule has 0 amide bonds. The van der Waals surface area contributed by atoms with Crippen molar-refractivity contribution in [1.29, 1.82) is 0 Å². The highest BCUT2D eigenvalue weighted by atomic mass is 79.9. The van der Waals surface area contributed by atoms with Crippen LogP contribution in [0.5, 0.6) is 0 Å². The Morgan fingerprint density at radius 1 is 1.08 bits per heavy atom. The van der Waals surface area contributed by atoms with Gasteiger partial charge in [-0.2, -0.15) is 4.31 Å². The number of rotatable bonds is 3. The molecule has 130 valence electrons. The lowest BCUT2D eigenvalue weighted by molar-refractivity contribution is 0.469. The molecule has 0 aromatic heterocycles. The van der Waals surface area contributed by atoms with Crippen molar-refractivity contribution >= 4 is 38.4 Å². The van der Waals surface area contributed by atoms with Gasteiger partial charge in [-0.05, 0) is 40.0 Å². The molecule has 7 heteroatoms. The summed E-state index contributed by atoms with van der Waals surface area (Å²) in [4.78, 5) is 0.304. The average molecular weight is 432 g/mol. The Bertz CT molecular complexity index is 815. The molecule has 1 aliphatic rings. The molecule has 0 radical (unpaired) electrons. The summed E-state index contributed by atoms with van der Waals surface area (Å²) in [5.41, 5.74) is 8.21. The van der Waals surface area contributed by atoms with E-state index in [1.165, 1.54) is 4.31 Å². The third-order valence-corrected chi connectivity index (χ3v) is 7.52. The minimum absolute atomic E-state index is 0. The number of halogens is 2. The third kappa shape index (κ3) is 3.53. The first-order valence-electron chi connectivity index (χ1n) is 7.47. The highest BCUT2D eigenvalue weighted by molar-refractivity contribution is 9.10. The van der Waals surface area contributed by atoms with Crippen LogP contribution < -0.4 is 5.73 Å². The first-order chi connectivity index (χ1) is 10.9. The van der Waals surface area contributed by atoms with E-state index in [4.69, 9.17) is 5.73 Å². The van der Waals surface area contributed by atoms with E-state index in [1.54, 1.807) is 12.1 Å². The molecule has 2 N–H and O–H groups in total. The molecule has 2 aromatic carbocycles. The highest BCUT2D eigenvalue weighted by Gasteiger charge is 2.39. The summed E-state index contributed by atoms with van der Waals surface area (Å²) < 4.78 is 28.1. The van der Waals surface area contributed by atoms with E-state index in [1.807, 2.05) is 43.3 Å². The zero-order chi connectivity index (χ0) is 16.6. The first-order valence-corrected chi connectivity index (χ1v) is 9.70. The lowest BCUT2D eigenvalue weighted by Gasteiger charge is -2.18. The van der Waals surface area contributed by atoms with Gasteiger partial charge in [0.15, 0.2) is 0 Å². The van der Waals surface area contributed by atoms with Crippen LogP contribution in [-0.4, -0.2) is 31.9 Å². The molecule has 1 fully saturated rings. The molecule has 1 aliphatic heterocycles. The average Bonchev–Trinajstić information content (AvgIpc) is 2.93. The number of nitrogens with zero attached hydrogens (tertiary/aromatic N) is 1. The summed E-state index contributed by atoms with van der Waals surface area (Å²) in [6.07, 6.45) is 0. The smallest absolute Gasteiger partial charge is 0.244 e. The Morgan fingerprint density at radius 2 is 1.75 bits per heavy atom. The number of aryl methyl sites for hydroxylation is 1. The van der Waals surface area contributed by atoms with Gasteiger partial charge >= 0.3 is 0 Å². The number of benzene rings is 2. The second kappa shape index (κ2) is 7.54. The van der Waals surface area contributed by atoms with E-state index in [2.05, 4.69) is 15.9 Å². The van der Waals surface area contributed by atoms with Crippen LogP contribution in [0.2, 0.25) is 0 Å². The molecule has 0 unspecified atom stereocenters. The van der Waals surface area contributed by atoms with Crippen molar-refractivity contribution < 1.29 is 8.42 Å². The topological polar surface area (TPSA) is 63.4 Å². The van der Waals surface area contributed by atoms with Gasteiger partial charge in [0, 0.05) is 29.5 Å². The van der Waals surface area contributed by atoms with E-state index < -0.39 is 10.0 Å². The van der Waals surface area contributed by atoms with Gasteiger partial charge in [-0.25, -0.2) is 8.42 Å².